The summed E-state index contributed by atoms with van der Waals surface area (Å²) in [5.41, 5.74) is -22.9. The zero-order chi connectivity index (χ0) is 38.2. The minimum atomic E-state index is -5.40. The maximum atomic E-state index is 15.6. The molecule has 2 N–H and O–H groups in total. The van der Waals surface area contributed by atoms with Crippen molar-refractivity contribution in [2.24, 2.45) is 32.5 Å². The number of rotatable bonds is 3. The molecule has 2 nitrogen and oxygen atoms in total. The van der Waals surface area contributed by atoms with Crippen molar-refractivity contribution in [2.75, 3.05) is 0 Å². The first kappa shape index (κ1) is 36.1. The summed E-state index contributed by atoms with van der Waals surface area (Å²) in [6, 6.07) is 4.68. The van der Waals surface area contributed by atoms with Crippen LogP contribution in [0.2, 0.25) is 0 Å². The molecule has 4 unspecified atom stereocenters. The summed E-state index contributed by atoms with van der Waals surface area (Å²) in [5.74, 6) is -4.63. The first-order chi connectivity index (χ1) is 23.6. The molecular weight excluding hydrogens is 730 g/mol. The van der Waals surface area contributed by atoms with E-state index in [4.69, 9.17) is 0 Å². The predicted molar refractivity (Wildman–Crippen MR) is 154 cm³/mol. The third kappa shape index (κ3) is 4.32. The van der Waals surface area contributed by atoms with Gasteiger partial charge in [0.15, 0.2) is 23.1 Å². The summed E-state index contributed by atoms with van der Waals surface area (Å²) >= 11 is 0. The largest absolute Gasteiger partial charge is 0.505 e. The van der Waals surface area contributed by atoms with E-state index in [1.807, 2.05) is 0 Å². The van der Waals surface area contributed by atoms with Crippen molar-refractivity contribution in [1.29, 1.82) is 0 Å². The zero-order valence-electron chi connectivity index (χ0n) is 27.1. The molecule has 0 radical (unpaired) electrons. The molecule has 0 aliphatic heterocycles. The van der Waals surface area contributed by atoms with Crippen molar-refractivity contribution in [1.82, 2.24) is 0 Å². The second-order valence-electron chi connectivity index (χ2n) is 17.7. The van der Waals surface area contributed by atoms with Crippen molar-refractivity contribution in [2.45, 2.75) is 113 Å². The molecule has 8 aliphatic carbocycles. The smallest absolute Gasteiger partial charge is 0.394 e. The Balaban J connectivity index is 1.45. The average Bonchev–Trinajstić information content (AvgIpc) is 2.96. The van der Waals surface area contributed by atoms with Crippen LogP contribution >= 0.6 is 0 Å². The highest BCUT2D eigenvalue weighted by Gasteiger charge is 2.87. The summed E-state index contributed by atoms with van der Waals surface area (Å²) in [4.78, 5) is 0. The molecular formula is C36H32F14O2. The number of hydrogen-bond acceptors (Lipinski definition) is 2. The van der Waals surface area contributed by atoms with Crippen LogP contribution in [-0.2, 0) is 10.8 Å². The molecule has 2 aromatic rings. The van der Waals surface area contributed by atoms with Crippen LogP contribution in [0.1, 0.15) is 88.2 Å². The highest BCUT2D eigenvalue weighted by molar-refractivity contribution is 5.43. The van der Waals surface area contributed by atoms with Crippen molar-refractivity contribution >= 4 is 0 Å². The Morgan fingerprint density at radius 1 is 0.385 bits per heavy atom. The Morgan fingerprint density at radius 2 is 0.654 bits per heavy atom. The molecule has 8 saturated carbocycles. The molecule has 286 valence electrons. The van der Waals surface area contributed by atoms with E-state index in [0.717, 1.165) is 24.3 Å². The van der Waals surface area contributed by atoms with Gasteiger partial charge < -0.3 is 10.2 Å². The third-order valence-corrected chi connectivity index (χ3v) is 14.8. The normalized spacial score (nSPS) is 42.7. The number of alkyl halides is 12. The third-order valence-electron chi connectivity index (χ3n) is 14.8. The molecule has 8 aliphatic rings. The van der Waals surface area contributed by atoms with Crippen molar-refractivity contribution in [3.63, 3.8) is 0 Å². The van der Waals surface area contributed by atoms with Gasteiger partial charge in [-0.2, -0.15) is 52.7 Å². The Morgan fingerprint density at radius 3 is 0.885 bits per heavy atom. The van der Waals surface area contributed by atoms with Gasteiger partial charge in [0.25, 0.3) is 0 Å². The summed E-state index contributed by atoms with van der Waals surface area (Å²) in [7, 11) is 0. The molecule has 0 amide bonds. The van der Waals surface area contributed by atoms with E-state index in [9.17, 15) is 19.0 Å². The molecule has 16 heteroatoms. The Kier molecular flexibility index (Phi) is 6.69. The van der Waals surface area contributed by atoms with Gasteiger partial charge in [-0.15, -0.1) is 0 Å². The predicted octanol–water partition coefficient (Wildman–Crippen LogP) is 11.5. The van der Waals surface area contributed by atoms with Crippen LogP contribution < -0.4 is 0 Å². The number of hydrogen-bond donors (Lipinski definition) is 2. The molecule has 52 heavy (non-hydrogen) atoms. The molecule has 0 aromatic heterocycles. The Bertz CT molecular complexity index is 1660. The van der Waals surface area contributed by atoms with Gasteiger partial charge in [0, 0.05) is 0 Å². The van der Waals surface area contributed by atoms with Crippen LogP contribution in [-0.4, -0.2) is 34.9 Å². The Labute approximate surface area is 287 Å². The van der Waals surface area contributed by atoms with E-state index >= 15 is 52.7 Å². The second-order valence-corrected chi connectivity index (χ2v) is 17.7. The lowest BCUT2D eigenvalue weighted by Crippen LogP contribution is -2.77. The van der Waals surface area contributed by atoms with Crippen LogP contribution in [0.3, 0.4) is 0 Å². The minimum Gasteiger partial charge on any atom is -0.505 e. The first-order valence-corrected chi connectivity index (χ1v) is 16.8. The molecule has 10 rings (SSSR count). The van der Waals surface area contributed by atoms with Gasteiger partial charge in [-0.25, -0.2) is 8.78 Å². The maximum absolute atomic E-state index is 15.6. The van der Waals surface area contributed by atoms with E-state index in [1.54, 1.807) is 0 Å². The first-order valence-electron chi connectivity index (χ1n) is 16.8. The van der Waals surface area contributed by atoms with E-state index in [0.29, 0.717) is 12.1 Å². The number of benzene rings is 2. The lowest BCUT2D eigenvalue weighted by Gasteiger charge is -2.80. The summed E-state index contributed by atoms with van der Waals surface area (Å²) in [5, 5.41) is 19.8. The molecule has 4 atom stereocenters. The monoisotopic (exact) mass is 762 g/mol. The van der Waals surface area contributed by atoms with Gasteiger partial charge in [-0.05, 0) is 134 Å². The van der Waals surface area contributed by atoms with Gasteiger partial charge in [0.05, 0.1) is 21.7 Å². The summed E-state index contributed by atoms with van der Waals surface area (Å²) in [6.45, 7) is 0. The van der Waals surface area contributed by atoms with Crippen LogP contribution in [0.4, 0.5) is 61.5 Å². The quantitative estimate of drug-likeness (QED) is 0.306. The average molecular weight is 763 g/mol. The lowest BCUT2D eigenvalue weighted by atomic mass is 9.24. The van der Waals surface area contributed by atoms with Crippen LogP contribution in [0.15, 0.2) is 36.4 Å². The molecule has 0 saturated heterocycles. The minimum absolute atomic E-state index is 0.357. The highest BCUT2D eigenvalue weighted by atomic mass is 19.4. The fourth-order valence-electron chi connectivity index (χ4n) is 13.9. The number of phenolic OH excluding ortho intramolecular Hbond substituents is 2. The summed E-state index contributed by atoms with van der Waals surface area (Å²) < 4.78 is 217. The van der Waals surface area contributed by atoms with Gasteiger partial charge in [0.1, 0.15) is 0 Å². The number of phenols is 2. The van der Waals surface area contributed by atoms with Crippen LogP contribution in [0, 0.1) is 44.1 Å². The van der Waals surface area contributed by atoms with Crippen molar-refractivity contribution in [3.8, 4) is 11.5 Å². The fraction of sp³-hybridized carbons (Fsp3) is 0.667. The van der Waals surface area contributed by atoms with Gasteiger partial charge in [-0.1, -0.05) is 12.1 Å². The van der Waals surface area contributed by atoms with Crippen LogP contribution in [0.25, 0.3) is 0 Å². The molecule has 0 spiro atoms. The topological polar surface area (TPSA) is 40.5 Å². The molecule has 2 aromatic carbocycles. The molecule has 0 heterocycles. The van der Waals surface area contributed by atoms with Gasteiger partial charge in [0.2, 0.25) is 0 Å². The van der Waals surface area contributed by atoms with Crippen molar-refractivity contribution < 1.29 is 71.7 Å². The van der Waals surface area contributed by atoms with Gasteiger partial charge >= 0.3 is 24.7 Å². The standard InChI is InChI=1S/C36H32F14O2/c37-21-5-19(1-3-23(21)51)25-7-27(13-29(9-25,33(39,40)41)17-30(10-25,14-27)34(42,43)44)28-8-26(20-2-4-24(52)22(38)6-20)11-31(15-28,35(45,46)47)18-32(12-26,16-28)36(48,49)50/h1-6,51-52H,7-18H2. The second kappa shape index (κ2) is 9.64. The van der Waals surface area contributed by atoms with E-state index < -0.39 is 168 Å². The maximum Gasteiger partial charge on any atom is 0.394 e. The number of aromatic hydroxyl groups is 2. The molecule has 8 fully saturated rings. The van der Waals surface area contributed by atoms with Gasteiger partial charge in [-0.3, -0.25) is 0 Å². The SMILES string of the molecule is Oc1ccc(C23CC4(C(F)(F)F)CC(C(F)(F)F)(C2)CC(C25CC6(c7ccc(O)c(F)c7)CC(C(F)(F)F)(CC(C(F)(F)F)(C6)C2)C5)(C3)C4)cc1F. The number of halogens is 14. The lowest BCUT2D eigenvalue weighted by molar-refractivity contribution is -0.406. The van der Waals surface area contributed by atoms with E-state index in [1.165, 1.54) is 0 Å². The van der Waals surface area contributed by atoms with Crippen LogP contribution in [0.5, 0.6) is 11.5 Å². The fourth-order valence-corrected chi connectivity index (χ4v) is 13.9. The van der Waals surface area contributed by atoms with Crippen molar-refractivity contribution in [3.05, 3.63) is 59.2 Å². The van der Waals surface area contributed by atoms with E-state index in [2.05, 4.69) is 0 Å². The zero-order valence-corrected chi connectivity index (χ0v) is 27.1. The highest BCUT2D eigenvalue weighted by Crippen LogP contribution is 2.89. The Hall–Kier alpha value is -2.94. The summed E-state index contributed by atoms with van der Waals surface area (Å²) in [6.07, 6.45) is -34.6. The van der Waals surface area contributed by atoms with E-state index in [-0.39, 0.29) is 11.1 Å². The molecule has 8 bridgehead atoms.